The van der Waals surface area contributed by atoms with Gasteiger partial charge in [-0.2, -0.15) is 0 Å². The number of nitrogens with zero attached hydrogens (tertiary/aromatic N) is 2. The number of benzene rings is 1. The zero-order valence-electron chi connectivity index (χ0n) is 15.6. The van der Waals surface area contributed by atoms with Crippen LogP contribution in [0.2, 0.25) is 0 Å². The first-order valence-electron chi connectivity index (χ1n) is 9.90. The second-order valence-corrected chi connectivity index (χ2v) is 8.06. The van der Waals surface area contributed by atoms with Gasteiger partial charge in [0, 0.05) is 6.04 Å². The smallest absolute Gasteiger partial charge is 0.326 e. The summed E-state index contributed by atoms with van der Waals surface area (Å²) >= 11 is 0. The number of hydrogen-bond donors (Lipinski definition) is 1. The lowest BCUT2D eigenvalue weighted by atomic mass is 9.97. The van der Waals surface area contributed by atoms with Crippen LogP contribution in [-0.4, -0.2) is 56.9 Å². The molecule has 2 saturated heterocycles. The minimum atomic E-state index is -1.04. The van der Waals surface area contributed by atoms with Crippen LogP contribution < -0.4 is 0 Å². The predicted octanol–water partition coefficient (Wildman–Crippen LogP) is 2.07. The lowest BCUT2D eigenvalue weighted by molar-refractivity contribution is -0.168. The van der Waals surface area contributed by atoms with Gasteiger partial charge in [-0.25, -0.2) is 4.79 Å². The van der Waals surface area contributed by atoms with Gasteiger partial charge in [0.1, 0.15) is 18.1 Å². The molecule has 1 saturated carbocycles. The van der Waals surface area contributed by atoms with Crippen LogP contribution in [0.25, 0.3) is 0 Å². The van der Waals surface area contributed by atoms with Gasteiger partial charge >= 0.3 is 5.97 Å². The average Bonchev–Trinajstić information content (AvgIpc) is 3.24. The van der Waals surface area contributed by atoms with E-state index in [4.69, 9.17) is 0 Å². The van der Waals surface area contributed by atoms with Crippen molar-refractivity contribution in [3.63, 3.8) is 0 Å². The molecule has 5 atom stereocenters. The molecule has 2 amide bonds. The van der Waals surface area contributed by atoms with E-state index in [1.165, 1.54) is 4.90 Å². The topological polar surface area (TPSA) is 77.9 Å². The van der Waals surface area contributed by atoms with Crippen molar-refractivity contribution < 1.29 is 19.5 Å². The van der Waals surface area contributed by atoms with E-state index in [0.29, 0.717) is 25.2 Å². The minimum absolute atomic E-state index is 0.0834. The highest BCUT2D eigenvalue weighted by atomic mass is 16.4. The van der Waals surface area contributed by atoms with Crippen molar-refractivity contribution in [1.29, 1.82) is 0 Å². The molecule has 1 aromatic carbocycles. The van der Waals surface area contributed by atoms with Crippen LogP contribution in [0.3, 0.4) is 0 Å². The Morgan fingerprint density at radius 1 is 1.19 bits per heavy atom. The highest BCUT2D eigenvalue weighted by Gasteiger charge is 2.56. The molecule has 3 fully saturated rings. The molecule has 1 aliphatic carbocycles. The van der Waals surface area contributed by atoms with E-state index in [0.717, 1.165) is 24.8 Å². The second-order valence-electron chi connectivity index (χ2n) is 8.06. The van der Waals surface area contributed by atoms with Gasteiger partial charge < -0.3 is 14.9 Å². The normalized spacial score (nSPS) is 31.0. The third-order valence-electron chi connectivity index (χ3n) is 6.58. The van der Waals surface area contributed by atoms with Crippen LogP contribution >= 0.6 is 0 Å². The van der Waals surface area contributed by atoms with E-state index in [1.54, 1.807) is 11.8 Å². The molecule has 0 bridgehead atoms. The quantitative estimate of drug-likeness (QED) is 0.861. The van der Waals surface area contributed by atoms with Gasteiger partial charge in [-0.3, -0.25) is 9.59 Å². The maximum absolute atomic E-state index is 13.2. The summed E-state index contributed by atoms with van der Waals surface area (Å²) < 4.78 is 0. The minimum Gasteiger partial charge on any atom is -0.480 e. The molecule has 0 radical (unpaired) electrons. The number of carbonyl (C=O) groups is 3. The van der Waals surface area contributed by atoms with E-state index in [2.05, 4.69) is 0 Å². The number of aryl methyl sites for hydroxylation is 1. The predicted molar refractivity (Wildman–Crippen MR) is 98.9 cm³/mol. The molecule has 1 N–H and O–H groups in total. The Morgan fingerprint density at radius 3 is 2.63 bits per heavy atom. The highest BCUT2D eigenvalue weighted by molar-refractivity contribution is 5.99. The zero-order chi connectivity index (χ0) is 19.1. The molecule has 3 aliphatic rings. The van der Waals surface area contributed by atoms with Crippen LogP contribution in [0.1, 0.15) is 44.6 Å². The first-order chi connectivity index (χ1) is 13.0. The fraction of sp³-hybridized carbons (Fsp3) is 0.571. The number of hydrogen-bond acceptors (Lipinski definition) is 3. The molecule has 27 heavy (non-hydrogen) atoms. The van der Waals surface area contributed by atoms with Crippen molar-refractivity contribution in [2.75, 3.05) is 0 Å². The van der Waals surface area contributed by atoms with Gasteiger partial charge in [-0.1, -0.05) is 36.8 Å². The van der Waals surface area contributed by atoms with Gasteiger partial charge in [0.05, 0.1) is 0 Å². The largest absolute Gasteiger partial charge is 0.480 e. The highest BCUT2D eigenvalue weighted by Crippen LogP contribution is 2.44. The monoisotopic (exact) mass is 370 g/mol. The molecule has 1 aromatic rings. The number of amides is 2. The molecular formula is C21H26N2O4. The van der Waals surface area contributed by atoms with Gasteiger partial charge in [-0.15, -0.1) is 0 Å². The van der Waals surface area contributed by atoms with E-state index in [9.17, 15) is 19.5 Å². The van der Waals surface area contributed by atoms with E-state index in [-0.39, 0.29) is 17.9 Å². The molecule has 4 rings (SSSR count). The second kappa shape index (κ2) is 6.98. The van der Waals surface area contributed by atoms with Crippen LogP contribution in [0, 0.1) is 5.92 Å². The third-order valence-corrected chi connectivity index (χ3v) is 6.58. The summed E-state index contributed by atoms with van der Waals surface area (Å²) in [5.41, 5.74) is 1.03. The van der Waals surface area contributed by atoms with Crippen molar-refractivity contribution in [2.24, 2.45) is 5.92 Å². The average molecular weight is 370 g/mol. The third kappa shape index (κ3) is 3.01. The Bertz CT molecular complexity index is 750. The molecule has 6 heteroatoms. The van der Waals surface area contributed by atoms with Crippen LogP contribution in [0.5, 0.6) is 0 Å². The van der Waals surface area contributed by atoms with E-state index in [1.807, 2.05) is 30.3 Å². The van der Waals surface area contributed by atoms with Crippen molar-refractivity contribution in [2.45, 2.75) is 69.6 Å². The van der Waals surface area contributed by atoms with Crippen molar-refractivity contribution in [3.8, 4) is 0 Å². The van der Waals surface area contributed by atoms with Gasteiger partial charge in [0.15, 0.2) is 0 Å². The summed E-state index contributed by atoms with van der Waals surface area (Å²) in [6.45, 7) is 1.68. The number of fused-ring (bicyclic) bond motifs is 3. The first-order valence-corrected chi connectivity index (χ1v) is 9.90. The SMILES string of the molecule is C[C@H]1C(=O)N2[C@@H](C[C@@H]3CCC[C@@H]32)C(=O)N1[C@@H](CCc1ccccc1)C(=O)O. The summed E-state index contributed by atoms with van der Waals surface area (Å²) in [6.07, 6.45) is 4.67. The number of carboxylic acid groups (broad SMARTS) is 1. The molecule has 2 aliphatic heterocycles. The Labute approximate surface area is 159 Å². The van der Waals surface area contributed by atoms with Crippen molar-refractivity contribution in [3.05, 3.63) is 35.9 Å². The lowest BCUT2D eigenvalue weighted by Crippen LogP contribution is -2.66. The number of piperazine rings is 1. The van der Waals surface area contributed by atoms with Gasteiger partial charge in [-0.05, 0) is 50.5 Å². The molecule has 0 spiro atoms. The van der Waals surface area contributed by atoms with Gasteiger partial charge in [0.2, 0.25) is 11.8 Å². The molecule has 0 aromatic heterocycles. The van der Waals surface area contributed by atoms with Gasteiger partial charge in [0.25, 0.3) is 0 Å². The molecule has 6 nitrogen and oxygen atoms in total. The standard InChI is InChI=1S/C21H26N2O4/c1-13-19(24)23-16-9-5-8-15(16)12-18(23)20(25)22(13)17(21(26)27)11-10-14-6-3-2-4-7-14/h2-4,6-7,13,15-18H,5,8-12H2,1H3,(H,26,27)/t13-,15-,16-,17-,18-/m0/s1. The maximum Gasteiger partial charge on any atom is 0.326 e. The van der Waals surface area contributed by atoms with Crippen molar-refractivity contribution >= 4 is 17.8 Å². The molecule has 144 valence electrons. The lowest BCUT2D eigenvalue weighted by Gasteiger charge is -2.45. The number of carboxylic acids is 1. The summed E-state index contributed by atoms with van der Waals surface area (Å²) in [4.78, 5) is 41.4. The summed E-state index contributed by atoms with van der Waals surface area (Å²) in [5, 5.41) is 9.81. The van der Waals surface area contributed by atoms with Crippen LogP contribution in [0.4, 0.5) is 0 Å². The summed E-state index contributed by atoms with van der Waals surface area (Å²) in [5.74, 6) is -0.912. The Morgan fingerprint density at radius 2 is 1.93 bits per heavy atom. The summed E-state index contributed by atoms with van der Waals surface area (Å²) in [6, 6.07) is 7.65. The molecule has 2 heterocycles. The Balaban J connectivity index is 1.56. The maximum atomic E-state index is 13.2. The Kier molecular flexibility index (Phi) is 4.66. The number of aliphatic carboxylic acids is 1. The fourth-order valence-electron chi connectivity index (χ4n) is 5.28. The molecule has 0 unspecified atom stereocenters. The molecular weight excluding hydrogens is 344 g/mol. The number of carbonyl (C=O) groups excluding carboxylic acids is 2. The summed E-state index contributed by atoms with van der Waals surface area (Å²) in [7, 11) is 0. The van der Waals surface area contributed by atoms with Crippen LogP contribution in [0.15, 0.2) is 30.3 Å². The van der Waals surface area contributed by atoms with E-state index >= 15 is 0 Å². The first kappa shape index (κ1) is 18.0. The number of rotatable bonds is 5. The zero-order valence-corrected chi connectivity index (χ0v) is 15.6. The van der Waals surface area contributed by atoms with Crippen molar-refractivity contribution in [1.82, 2.24) is 9.80 Å². The fourth-order valence-corrected chi connectivity index (χ4v) is 5.28. The van der Waals surface area contributed by atoms with Crippen LogP contribution in [-0.2, 0) is 20.8 Å². The Hall–Kier alpha value is -2.37. The van der Waals surface area contributed by atoms with E-state index < -0.39 is 24.1 Å².